The number of benzene rings is 3. The van der Waals surface area contributed by atoms with Crippen molar-refractivity contribution in [3.05, 3.63) is 82.9 Å². The summed E-state index contributed by atoms with van der Waals surface area (Å²) in [6.07, 6.45) is 2.73. The molecule has 0 heterocycles. The van der Waals surface area contributed by atoms with Gasteiger partial charge in [-0.15, -0.1) is 0 Å². The van der Waals surface area contributed by atoms with E-state index in [9.17, 15) is 8.42 Å². The zero-order valence-electron chi connectivity index (χ0n) is 17.8. The number of hydrogen-bond acceptors (Lipinski definition) is 6. The molecule has 3 rings (SSSR count). The van der Waals surface area contributed by atoms with Crippen LogP contribution in [0.3, 0.4) is 0 Å². The maximum absolute atomic E-state index is 11.9. The van der Waals surface area contributed by atoms with Crippen LogP contribution in [0.5, 0.6) is 11.5 Å². The highest BCUT2D eigenvalue weighted by Crippen LogP contribution is 2.27. The topological polar surface area (TPSA) is 74.2 Å². The average Bonchev–Trinajstić information content (AvgIpc) is 2.78. The lowest BCUT2D eigenvalue weighted by molar-refractivity contribution is 0.0889. The quantitative estimate of drug-likeness (QED) is 0.302. The molecule has 0 unspecified atom stereocenters. The van der Waals surface area contributed by atoms with Crippen LogP contribution in [0, 0.1) is 0 Å². The molecule has 0 aliphatic rings. The van der Waals surface area contributed by atoms with Crippen molar-refractivity contribution < 1.29 is 22.6 Å². The first kappa shape index (κ1) is 23.8. The fraction of sp³-hybridized carbons (Fsp3) is 0.208. The summed E-state index contributed by atoms with van der Waals surface area (Å²) in [5.41, 5.74) is 2.23. The highest BCUT2D eigenvalue weighted by atomic mass is 35.5. The van der Waals surface area contributed by atoms with Gasteiger partial charge in [-0.2, -0.15) is 0 Å². The Bertz CT molecular complexity index is 1180. The third-order valence-electron chi connectivity index (χ3n) is 4.45. The third-order valence-corrected chi connectivity index (χ3v) is 5.78. The van der Waals surface area contributed by atoms with Crippen molar-refractivity contribution in [1.82, 2.24) is 0 Å². The minimum Gasteiger partial charge on any atom is -0.497 e. The highest BCUT2D eigenvalue weighted by Gasteiger charge is 2.11. The first-order chi connectivity index (χ1) is 15.3. The van der Waals surface area contributed by atoms with E-state index in [2.05, 4.69) is 4.99 Å². The van der Waals surface area contributed by atoms with E-state index in [1.54, 1.807) is 30.5 Å². The van der Waals surface area contributed by atoms with Gasteiger partial charge in [0.2, 0.25) is 0 Å². The van der Waals surface area contributed by atoms with Gasteiger partial charge in [0.25, 0.3) is 0 Å². The second-order valence-electron chi connectivity index (χ2n) is 6.97. The van der Waals surface area contributed by atoms with Crippen molar-refractivity contribution in [1.29, 1.82) is 0 Å². The largest absolute Gasteiger partial charge is 0.497 e. The van der Waals surface area contributed by atoms with Crippen LogP contribution in [0.25, 0.3) is 0 Å². The molecule has 0 spiro atoms. The molecule has 0 saturated carbocycles. The summed E-state index contributed by atoms with van der Waals surface area (Å²) in [4.78, 5) is 4.54. The number of halogens is 1. The summed E-state index contributed by atoms with van der Waals surface area (Å²) in [7, 11) is -1.93. The van der Waals surface area contributed by atoms with Crippen LogP contribution in [0.4, 0.5) is 5.69 Å². The van der Waals surface area contributed by atoms with Gasteiger partial charge in [0, 0.05) is 29.1 Å². The lowest BCUT2D eigenvalue weighted by Gasteiger charge is -2.10. The van der Waals surface area contributed by atoms with Gasteiger partial charge in [-0.05, 0) is 35.9 Å². The Hall–Kier alpha value is -2.87. The van der Waals surface area contributed by atoms with Gasteiger partial charge in [0.05, 0.1) is 30.9 Å². The first-order valence-electron chi connectivity index (χ1n) is 9.82. The van der Waals surface area contributed by atoms with Crippen molar-refractivity contribution in [3.63, 3.8) is 0 Å². The first-order valence-corrected chi connectivity index (χ1v) is 12.1. The summed E-state index contributed by atoms with van der Waals surface area (Å²) in [5.74, 6) is 0.957. The second-order valence-corrected chi connectivity index (χ2v) is 9.42. The minimum atomic E-state index is -3.40. The summed E-state index contributed by atoms with van der Waals surface area (Å²) in [6, 6.07) is 19.7. The number of nitrogens with zero attached hydrogens (tertiary/aromatic N) is 1. The fourth-order valence-corrected chi connectivity index (χ4v) is 3.65. The van der Waals surface area contributed by atoms with Gasteiger partial charge in [-0.1, -0.05) is 41.9 Å². The SMILES string of the molecule is COc1cc(/N=C/c2ccc(Cl)cc2OCCOCc2ccccc2)cc(S(C)(=O)=O)c1. The van der Waals surface area contributed by atoms with Crippen molar-refractivity contribution in [3.8, 4) is 11.5 Å². The van der Waals surface area contributed by atoms with Crippen molar-refractivity contribution >= 4 is 33.3 Å². The van der Waals surface area contributed by atoms with E-state index >= 15 is 0 Å². The van der Waals surface area contributed by atoms with Gasteiger partial charge in [0.1, 0.15) is 18.1 Å². The molecule has 0 radical (unpaired) electrons. The molecule has 0 aromatic heterocycles. The summed E-state index contributed by atoms with van der Waals surface area (Å²) in [5, 5.41) is 0.531. The Morgan fingerprint density at radius 2 is 1.78 bits per heavy atom. The van der Waals surface area contributed by atoms with E-state index in [1.165, 1.54) is 19.2 Å². The number of rotatable bonds is 10. The van der Waals surface area contributed by atoms with E-state index in [0.717, 1.165) is 11.8 Å². The maximum atomic E-state index is 11.9. The molecule has 0 N–H and O–H groups in total. The standard InChI is InChI=1S/C24H24ClNO5S/c1-29-22-13-21(14-23(15-22)32(2,27)28)26-16-19-8-9-20(25)12-24(19)31-11-10-30-17-18-6-4-3-5-7-18/h3-9,12-16H,10-11,17H2,1-2H3/b26-16+. The van der Waals surface area contributed by atoms with Crippen LogP contribution < -0.4 is 9.47 Å². The molecule has 8 heteroatoms. The fourth-order valence-electron chi connectivity index (χ4n) is 2.82. The van der Waals surface area contributed by atoms with E-state index < -0.39 is 9.84 Å². The predicted molar refractivity (Wildman–Crippen MR) is 126 cm³/mol. The van der Waals surface area contributed by atoms with E-state index in [-0.39, 0.29) is 4.90 Å². The van der Waals surface area contributed by atoms with Crippen molar-refractivity contribution in [2.45, 2.75) is 11.5 Å². The number of methoxy groups -OCH3 is 1. The molecule has 0 aliphatic heterocycles. The monoisotopic (exact) mass is 473 g/mol. The molecule has 0 atom stereocenters. The molecule has 0 fully saturated rings. The zero-order chi connectivity index (χ0) is 23.0. The van der Waals surface area contributed by atoms with Crippen LogP contribution in [0.1, 0.15) is 11.1 Å². The van der Waals surface area contributed by atoms with E-state index in [0.29, 0.717) is 47.6 Å². The van der Waals surface area contributed by atoms with E-state index in [1.807, 2.05) is 30.3 Å². The Morgan fingerprint density at radius 3 is 2.50 bits per heavy atom. The Morgan fingerprint density at radius 1 is 1.00 bits per heavy atom. The van der Waals surface area contributed by atoms with Crippen LogP contribution in [-0.2, 0) is 21.2 Å². The van der Waals surface area contributed by atoms with Gasteiger partial charge in [-0.25, -0.2) is 8.42 Å². The molecule has 3 aromatic rings. The van der Waals surface area contributed by atoms with Gasteiger partial charge in [0.15, 0.2) is 9.84 Å². The van der Waals surface area contributed by atoms with Crippen LogP contribution >= 0.6 is 11.6 Å². The molecule has 32 heavy (non-hydrogen) atoms. The van der Waals surface area contributed by atoms with Crippen molar-refractivity contribution in [2.75, 3.05) is 26.6 Å². The average molecular weight is 474 g/mol. The summed E-state index contributed by atoms with van der Waals surface area (Å²) >= 11 is 6.13. The normalized spacial score (nSPS) is 11.6. The molecule has 0 bridgehead atoms. The zero-order valence-corrected chi connectivity index (χ0v) is 19.4. The number of ether oxygens (including phenoxy) is 3. The lowest BCUT2D eigenvalue weighted by Crippen LogP contribution is -2.08. The Labute approximate surface area is 193 Å². The second kappa shape index (κ2) is 11.1. The Balaban J connectivity index is 1.69. The van der Waals surface area contributed by atoms with Gasteiger partial charge < -0.3 is 14.2 Å². The Kier molecular flexibility index (Phi) is 8.27. The van der Waals surface area contributed by atoms with Gasteiger partial charge in [-0.3, -0.25) is 4.99 Å². The minimum absolute atomic E-state index is 0.132. The molecule has 168 valence electrons. The molecule has 0 saturated heterocycles. The molecule has 3 aromatic carbocycles. The molecular weight excluding hydrogens is 450 g/mol. The third kappa shape index (κ3) is 7.09. The molecule has 6 nitrogen and oxygen atoms in total. The van der Waals surface area contributed by atoms with Crippen molar-refractivity contribution in [2.24, 2.45) is 4.99 Å². The number of aliphatic imine (C=N–C) groups is 1. The highest BCUT2D eigenvalue weighted by molar-refractivity contribution is 7.90. The van der Waals surface area contributed by atoms with Crippen LogP contribution in [0.15, 0.2) is 76.6 Å². The smallest absolute Gasteiger partial charge is 0.175 e. The summed E-state index contributed by atoms with van der Waals surface area (Å²) in [6.45, 7) is 1.25. The molecular formula is C24H24ClNO5S. The maximum Gasteiger partial charge on any atom is 0.175 e. The van der Waals surface area contributed by atoms with E-state index in [4.69, 9.17) is 25.8 Å². The number of sulfone groups is 1. The van der Waals surface area contributed by atoms with Gasteiger partial charge >= 0.3 is 0 Å². The predicted octanol–water partition coefficient (Wildman–Crippen LogP) is 5.10. The lowest BCUT2D eigenvalue weighted by atomic mass is 10.2. The van der Waals surface area contributed by atoms with Crippen LogP contribution in [-0.4, -0.2) is 41.2 Å². The summed E-state index contributed by atoms with van der Waals surface area (Å²) < 4.78 is 40.5. The number of hydrogen-bond donors (Lipinski definition) is 0. The molecule has 0 aliphatic carbocycles. The van der Waals surface area contributed by atoms with Crippen LogP contribution in [0.2, 0.25) is 5.02 Å². The molecule has 0 amide bonds.